The Hall–Kier alpha value is -3.00. The monoisotopic (exact) mass is 683 g/mol. The van der Waals surface area contributed by atoms with Gasteiger partial charge in [0.05, 0.1) is 25.2 Å². The highest BCUT2D eigenvalue weighted by Crippen LogP contribution is 2.39. The molecule has 47 heavy (non-hydrogen) atoms. The average Bonchev–Trinajstić information content (AvgIpc) is 3.56. The van der Waals surface area contributed by atoms with Crippen molar-refractivity contribution in [1.29, 1.82) is 0 Å². The summed E-state index contributed by atoms with van der Waals surface area (Å²) in [5.41, 5.74) is 1.13. The molecule has 6 rings (SSSR count). The molecule has 12 heteroatoms. The lowest BCUT2D eigenvalue weighted by molar-refractivity contribution is -0.153. The predicted molar refractivity (Wildman–Crippen MR) is 182 cm³/mol. The SMILES string of the molecule is COc1ccc(S(=O)(=O)N(CCO)CCO[C@@H]2C[C@H](c3csc4ccccc34)C=C(C(=O)N3CCC(N4CCCCC4)CC3)O2)cc1. The number of piperidine rings is 2. The van der Waals surface area contributed by atoms with Gasteiger partial charge in [-0.2, -0.15) is 4.31 Å². The summed E-state index contributed by atoms with van der Waals surface area (Å²) in [6, 6.07) is 14.9. The Bertz CT molecular complexity index is 1630. The number of carbonyl (C=O) groups is 1. The van der Waals surface area contributed by atoms with Gasteiger partial charge in [-0.3, -0.25) is 4.79 Å². The van der Waals surface area contributed by atoms with E-state index in [0.717, 1.165) is 36.9 Å². The number of sulfonamides is 1. The van der Waals surface area contributed by atoms with Crippen LogP contribution in [-0.2, 0) is 24.3 Å². The summed E-state index contributed by atoms with van der Waals surface area (Å²) < 4.78 is 46.8. The first-order valence-electron chi connectivity index (χ1n) is 16.6. The quantitative estimate of drug-likeness (QED) is 0.290. The zero-order valence-electron chi connectivity index (χ0n) is 27.0. The van der Waals surface area contributed by atoms with Crippen LogP contribution in [0.4, 0.5) is 0 Å². The lowest BCUT2D eigenvalue weighted by atomic mass is 9.92. The highest BCUT2D eigenvalue weighted by atomic mass is 32.2. The van der Waals surface area contributed by atoms with E-state index in [1.54, 1.807) is 23.5 Å². The smallest absolute Gasteiger partial charge is 0.288 e. The molecule has 3 aliphatic rings. The molecule has 4 heterocycles. The molecule has 3 aromatic rings. The lowest BCUT2D eigenvalue weighted by Gasteiger charge is -2.40. The summed E-state index contributed by atoms with van der Waals surface area (Å²) >= 11 is 1.67. The number of rotatable bonds is 12. The topological polar surface area (TPSA) is 109 Å². The van der Waals surface area contributed by atoms with Gasteiger partial charge in [-0.25, -0.2) is 8.42 Å². The van der Waals surface area contributed by atoms with Crippen LogP contribution in [0.15, 0.2) is 70.6 Å². The predicted octanol–water partition coefficient (Wildman–Crippen LogP) is 4.80. The molecule has 0 radical (unpaired) electrons. The molecule has 1 aromatic heterocycles. The minimum absolute atomic E-state index is 0.0117. The van der Waals surface area contributed by atoms with Crippen LogP contribution in [0.5, 0.6) is 5.75 Å². The first kappa shape index (κ1) is 33.9. The molecule has 0 saturated carbocycles. The van der Waals surface area contributed by atoms with Crippen LogP contribution < -0.4 is 4.74 Å². The fourth-order valence-electron chi connectivity index (χ4n) is 6.93. The van der Waals surface area contributed by atoms with Crippen molar-refractivity contribution in [1.82, 2.24) is 14.1 Å². The van der Waals surface area contributed by atoms with Crippen molar-refractivity contribution in [2.24, 2.45) is 0 Å². The molecule has 2 saturated heterocycles. The molecule has 0 aliphatic carbocycles. The normalized spacial score (nSPS) is 21.5. The number of hydrogen-bond donors (Lipinski definition) is 1. The van der Waals surface area contributed by atoms with E-state index in [1.165, 1.54) is 47.5 Å². The van der Waals surface area contributed by atoms with Crippen molar-refractivity contribution >= 4 is 37.4 Å². The van der Waals surface area contributed by atoms with Gasteiger partial charge in [-0.1, -0.05) is 24.6 Å². The van der Waals surface area contributed by atoms with Crippen LogP contribution in [0.3, 0.4) is 0 Å². The number of aliphatic hydroxyl groups excluding tert-OH is 1. The van der Waals surface area contributed by atoms with Crippen LogP contribution in [0.1, 0.15) is 50.0 Å². The molecule has 1 N–H and O–H groups in total. The zero-order chi connectivity index (χ0) is 32.8. The van der Waals surface area contributed by atoms with Gasteiger partial charge < -0.3 is 29.1 Å². The van der Waals surface area contributed by atoms with Crippen molar-refractivity contribution in [3.05, 3.63) is 71.3 Å². The van der Waals surface area contributed by atoms with Gasteiger partial charge in [0.2, 0.25) is 16.3 Å². The largest absolute Gasteiger partial charge is 0.497 e. The summed E-state index contributed by atoms with van der Waals surface area (Å²) in [6.45, 7) is 3.31. The Labute approximate surface area is 281 Å². The molecule has 254 valence electrons. The Kier molecular flexibility index (Phi) is 11.2. The third-order valence-corrected chi connectivity index (χ3v) is 12.4. The maximum atomic E-state index is 13.9. The molecule has 0 unspecified atom stereocenters. The Morgan fingerprint density at radius 2 is 1.77 bits per heavy atom. The van der Waals surface area contributed by atoms with Crippen LogP contribution in [0.25, 0.3) is 10.1 Å². The minimum Gasteiger partial charge on any atom is -0.497 e. The van der Waals surface area contributed by atoms with Crippen LogP contribution in [0.2, 0.25) is 0 Å². The number of nitrogens with zero attached hydrogens (tertiary/aromatic N) is 3. The van der Waals surface area contributed by atoms with E-state index in [-0.39, 0.29) is 48.8 Å². The number of allylic oxidation sites excluding steroid dienone is 1. The molecule has 0 spiro atoms. The molecule has 0 bridgehead atoms. The summed E-state index contributed by atoms with van der Waals surface area (Å²) in [4.78, 5) is 18.5. The highest BCUT2D eigenvalue weighted by molar-refractivity contribution is 7.89. The van der Waals surface area contributed by atoms with E-state index in [4.69, 9.17) is 14.2 Å². The number of hydrogen-bond acceptors (Lipinski definition) is 9. The second-order valence-corrected chi connectivity index (χ2v) is 15.3. The number of amides is 1. The Morgan fingerprint density at radius 1 is 1.02 bits per heavy atom. The van der Waals surface area contributed by atoms with E-state index in [0.29, 0.717) is 31.3 Å². The molecular formula is C35H45N3O7S2. The van der Waals surface area contributed by atoms with Gasteiger partial charge in [-0.15, -0.1) is 11.3 Å². The first-order valence-corrected chi connectivity index (χ1v) is 18.9. The van der Waals surface area contributed by atoms with Crippen LogP contribution in [0, 0.1) is 0 Å². The van der Waals surface area contributed by atoms with Gasteiger partial charge >= 0.3 is 0 Å². The minimum atomic E-state index is -3.89. The third-order valence-electron chi connectivity index (χ3n) is 9.53. The molecule has 3 aliphatic heterocycles. The van der Waals surface area contributed by atoms with Crippen molar-refractivity contribution in [3.8, 4) is 5.75 Å². The van der Waals surface area contributed by atoms with Crippen LogP contribution in [-0.4, -0.2) is 105 Å². The number of fused-ring (bicyclic) bond motifs is 1. The second-order valence-electron chi connectivity index (χ2n) is 12.4. The molecule has 2 aromatic carbocycles. The average molecular weight is 684 g/mol. The second kappa shape index (κ2) is 15.5. The molecule has 10 nitrogen and oxygen atoms in total. The lowest BCUT2D eigenvalue weighted by Crippen LogP contribution is -2.49. The van der Waals surface area contributed by atoms with Gasteiger partial charge in [0.25, 0.3) is 5.91 Å². The van der Waals surface area contributed by atoms with Gasteiger partial charge in [-0.05, 0) is 91.5 Å². The number of aliphatic hydroxyl groups is 1. The molecular weight excluding hydrogens is 639 g/mol. The van der Waals surface area contributed by atoms with E-state index >= 15 is 0 Å². The number of thiophene rings is 1. The number of likely N-dealkylation sites (tertiary alicyclic amines) is 2. The Balaban J connectivity index is 1.15. The molecule has 1 amide bonds. The maximum absolute atomic E-state index is 13.9. The van der Waals surface area contributed by atoms with E-state index < -0.39 is 16.3 Å². The maximum Gasteiger partial charge on any atom is 0.288 e. The summed E-state index contributed by atoms with van der Waals surface area (Å²) in [6.07, 6.45) is 7.42. The van der Waals surface area contributed by atoms with Crippen molar-refractivity contribution in [3.63, 3.8) is 0 Å². The standard InChI is InChI=1S/C35H45N3O7S2/c1-43-28-9-11-29(12-10-28)47(41,42)38(19-21-39)20-22-44-34-24-26(31-25-46-33-8-4-3-7-30(31)33)23-32(45-34)35(40)37-17-13-27(14-18-37)36-15-5-2-6-16-36/h3-4,7-12,23,25-27,34,39H,2,5-6,13-22,24H2,1H3/t26-,34+/m1/s1. The van der Waals surface area contributed by atoms with Crippen molar-refractivity contribution in [2.45, 2.75) is 61.7 Å². The van der Waals surface area contributed by atoms with E-state index in [9.17, 15) is 18.3 Å². The van der Waals surface area contributed by atoms with Gasteiger partial charge in [0.1, 0.15) is 5.75 Å². The first-order chi connectivity index (χ1) is 22.9. The van der Waals surface area contributed by atoms with Crippen LogP contribution >= 0.6 is 11.3 Å². The fourth-order valence-corrected chi connectivity index (χ4v) is 9.37. The fraction of sp³-hybridized carbons (Fsp3) is 0.514. The molecule has 2 fully saturated rings. The van der Waals surface area contributed by atoms with E-state index in [1.807, 2.05) is 23.1 Å². The van der Waals surface area contributed by atoms with Gasteiger partial charge in [0, 0.05) is 49.3 Å². The Morgan fingerprint density at radius 3 is 2.49 bits per heavy atom. The number of benzene rings is 2. The number of ether oxygens (including phenoxy) is 3. The number of carbonyl (C=O) groups excluding carboxylic acids is 1. The third kappa shape index (κ3) is 7.84. The zero-order valence-corrected chi connectivity index (χ0v) is 28.6. The van der Waals surface area contributed by atoms with E-state index in [2.05, 4.69) is 22.4 Å². The molecule has 2 atom stereocenters. The van der Waals surface area contributed by atoms with Crippen molar-refractivity contribution in [2.75, 3.05) is 59.6 Å². The summed E-state index contributed by atoms with van der Waals surface area (Å²) in [5, 5.41) is 13.0. The van der Waals surface area contributed by atoms with Crippen molar-refractivity contribution < 1.29 is 32.5 Å². The van der Waals surface area contributed by atoms with Gasteiger partial charge in [0.15, 0.2) is 5.76 Å². The number of methoxy groups -OCH3 is 1. The summed E-state index contributed by atoms with van der Waals surface area (Å²) in [5.74, 6) is 0.611. The highest BCUT2D eigenvalue weighted by Gasteiger charge is 2.35. The summed E-state index contributed by atoms with van der Waals surface area (Å²) in [7, 11) is -2.37.